The fourth-order valence-corrected chi connectivity index (χ4v) is 1.12. The second kappa shape index (κ2) is 3.37. The Morgan fingerprint density at radius 3 is 2.82 bits per heavy atom. The van der Waals surface area contributed by atoms with Crippen molar-refractivity contribution in [2.24, 2.45) is 0 Å². The summed E-state index contributed by atoms with van der Waals surface area (Å²) in [5.74, 6) is 0.219. The maximum Gasteiger partial charge on any atom is 0.178 e. The molecule has 0 aliphatic carbocycles. The van der Waals surface area contributed by atoms with E-state index in [4.69, 9.17) is 0 Å². The van der Waals surface area contributed by atoms with E-state index in [0.717, 1.165) is 12.2 Å². The highest BCUT2D eigenvalue weighted by atomic mass is 16.1. The minimum atomic E-state index is 0.219. The van der Waals surface area contributed by atoms with E-state index in [9.17, 15) is 4.79 Å². The van der Waals surface area contributed by atoms with Crippen LogP contribution in [0.2, 0.25) is 0 Å². The molecule has 2 nitrogen and oxygen atoms in total. The Hall–Kier alpha value is -1.05. The first-order valence-electron chi connectivity index (χ1n) is 3.98. The van der Waals surface area contributed by atoms with Gasteiger partial charge in [-0.1, -0.05) is 6.92 Å². The molecule has 0 fully saturated rings. The van der Waals surface area contributed by atoms with E-state index >= 15 is 0 Å². The quantitative estimate of drug-likeness (QED) is 0.606. The lowest BCUT2D eigenvalue weighted by Gasteiger charge is -2.02. The van der Waals surface area contributed by atoms with Gasteiger partial charge in [0.15, 0.2) is 5.78 Å². The normalized spacial score (nSPS) is 10.0. The molecule has 2 heteroatoms. The van der Waals surface area contributed by atoms with Gasteiger partial charge in [0.1, 0.15) is 0 Å². The van der Waals surface area contributed by atoms with Crippen LogP contribution in [-0.4, -0.2) is 10.4 Å². The highest BCUT2D eigenvalue weighted by molar-refractivity contribution is 5.94. The summed E-state index contributed by atoms with van der Waals surface area (Å²) in [7, 11) is 0. The Labute approximate surface area is 66.8 Å². The third-order valence-electron chi connectivity index (χ3n) is 1.78. The number of hydrogen-bond acceptors (Lipinski definition) is 1. The molecule has 0 aliphatic rings. The molecule has 60 valence electrons. The number of rotatable bonds is 3. The SMILES string of the molecule is CCC(=O)c1cccn1CC. The molecular weight excluding hydrogens is 138 g/mol. The summed E-state index contributed by atoms with van der Waals surface area (Å²) in [5.41, 5.74) is 0.829. The van der Waals surface area contributed by atoms with E-state index in [1.807, 2.05) is 36.7 Å². The van der Waals surface area contributed by atoms with Gasteiger partial charge in [-0.15, -0.1) is 0 Å². The van der Waals surface area contributed by atoms with Gasteiger partial charge in [0.2, 0.25) is 0 Å². The van der Waals surface area contributed by atoms with Crippen LogP contribution in [0, 0.1) is 0 Å². The summed E-state index contributed by atoms with van der Waals surface area (Å²) in [4.78, 5) is 11.2. The van der Waals surface area contributed by atoms with Crippen LogP contribution in [-0.2, 0) is 6.54 Å². The molecule has 0 aromatic carbocycles. The van der Waals surface area contributed by atoms with Crippen molar-refractivity contribution in [1.29, 1.82) is 0 Å². The lowest BCUT2D eigenvalue weighted by Crippen LogP contribution is -2.05. The molecular formula is C9H13NO. The fraction of sp³-hybridized carbons (Fsp3) is 0.444. The first-order valence-corrected chi connectivity index (χ1v) is 3.98. The standard InChI is InChI=1S/C9H13NO/c1-3-9(11)8-6-5-7-10(8)4-2/h5-7H,3-4H2,1-2H3. The monoisotopic (exact) mass is 151 g/mol. The van der Waals surface area contributed by atoms with E-state index in [1.165, 1.54) is 0 Å². The van der Waals surface area contributed by atoms with Crippen LogP contribution >= 0.6 is 0 Å². The molecule has 0 N–H and O–H groups in total. The first-order chi connectivity index (χ1) is 5.29. The fourth-order valence-electron chi connectivity index (χ4n) is 1.12. The van der Waals surface area contributed by atoms with Gasteiger partial charge in [-0.25, -0.2) is 0 Å². The van der Waals surface area contributed by atoms with Crippen molar-refractivity contribution >= 4 is 5.78 Å². The lowest BCUT2D eigenvalue weighted by atomic mass is 10.2. The summed E-state index contributed by atoms with van der Waals surface area (Å²) in [6.07, 6.45) is 2.52. The Bertz CT molecular complexity index is 250. The van der Waals surface area contributed by atoms with E-state index in [0.29, 0.717) is 6.42 Å². The third kappa shape index (κ3) is 1.50. The summed E-state index contributed by atoms with van der Waals surface area (Å²) < 4.78 is 1.96. The van der Waals surface area contributed by atoms with Crippen LogP contribution in [0.4, 0.5) is 0 Å². The number of ketones is 1. The van der Waals surface area contributed by atoms with Gasteiger partial charge in [0, 0.05) is 19.2 Å². The van der Waals surface area contributed by atoms with E-state index < -0.39 is 0 Å². The highest BCUT2D eigenvalue weighted by Crippen LogP contribution is 2.04. The average molecular weight is 151 g/mol. The van der Waals surface area contributed by atoms with E-state index in [1.54, 1.807) is 0 Å². The second-order valence-corrected chi connectivity index (χ2v) is 2.46. The molecule has 1 heterocycles. The van der Waals surface area contributed by atoms with Crippen molar-refractivity contribution in [3.8, 4) is 0 Å². The maximum atomic E-state index is 11.2. The Balaban J connectivity index is 2.92. The Kier molecular flexibility index (Phi) is 2.47. The highest BCUT2D eigenvalue weighted by Gasteiger charge is 2.05. The van der Waals surface area contributed by atoms with Gasteiger partial charge in [-0.3, -0.25) is 4.79 Å². The zero-order valence-corrected chi connectivity index (χ0v) is 7.00. The first kappa shape index (κ1) is 8.05. The van der Waals surface area contributed by atoms with Gasteiger partial charge in [-0.2, -0.15) is 0 Å². The third-order valence-corrected chi connectivity index (χ3v) is 1.78. The van der Waals surface area contributed by atoms with Gasteiger partial charge in [0.05, 0.1) is 5.69 Å². The number of nitrogens with zero attached hydrogens (tertiary/aromatic N) is 1. The zero-order chi connectivity index (χ0) is 8.27. The molecule has 0 unspecified atom stereocenters. The van der Waals surface area contributed by atoms with E-state index in [-0.39, 0.29) is 5.78 Å². The van der Waals surface area contributed by atoms with Gasteiger partial charge in [0.25, 0.3) is 0 Å². The predicted octanol–water partition coefficient (Wildman–Crippen LogP) is 2.10. The maximum absolute atomic E-state index is 11.2. The number of aromatic nitrogens is 1. The number of hydrogen-bond donors (Lipinski definition) is 0. The average Bonchev–Trinajstić information content (AvgIpc) is 2.50. The molecule has 1 rings (SSSR count). The number of aryl methyl sites for hydroxylation is 1. The topological polar surface area (TPSA) is 22.0 Å². The van der Waals surface area contributed by atoms with Crippen LogP contribution in [0.15, 0.2) is 18.3 Å². The van der Waals surface area contributed by atoms with Gasteiger partial charge in [-0.05, 0) is 19.1 Å². The Morgan fingerprint density at radius 2 is 2.27 bits per heavy atom. The predicted molar refractivity (Wildman–Crippen MR) is 44.7 cm³/mol. The Morgan fingerprint density at radius 1 is 1.55 bits per heavy atom. The molecule has 1 aromatic rings. The molecule has 11 heavy (non-hydrogen) atoms. The largest absolute Gasteiger partial charge is 0.345 e. The van der Waals surface area contributed by atoms with Crippen molar-refractivity contribution < 1.29 is 4.79 Å². The van der Waals surface area contributed by atoms with Crippen LogP contribution in [0.1, 0.15) is 30.8 Å². The summed E-state index contributed by atoms with van der Waals surface area (Å²) in [6, 6.07) is 3.78. The number of carbonyl (C=O) groups is 1. The molecule has 1 aromatic heterocycles. The summed E-state index contributed by atoms with van der Waals surface area (Å²) in [6.45, 7) is 4.79. The van der Waals surface area contributed by atoms with Crippen LogP contribution in [0.5, 0.6) is 0 Å². The summed E-state index contributed by atoms with van der Waals surface area (Å²) >= 11 is 0. The van der Waals surface area contributed by atoms with Crippen molar-refractivity contribution in [3.63, 3.8) is 0 Å². The molecule has 0 bridgehead atoms. The number of carbonyl (C=O) groups excluding carboxylic acids is 1. The van der Waals surface area contributed by atoms with Gasteiger partial charge >= 0.3 is 0 Å². The molecule has 0 saturated carbocycles. The molecule has 0 aliphatic heterocycles. The molecule has 0 saturated heterocycles. The van der Waals surface area contributed by atoms with Gasteiger partial charge < -0.3 is 4.57 Å². The van der Waals surface area contributed by atoms with Crippen molar-refractivity contribution in [1.82, 2.24) is 4.57 Å². The molecule has 0 spiro atoms. The van der Waals surface area contributed by atoms with Crippen molar-refractivity contribution in [2.75, 3.05) is 0 Å². The number of Topliss-reactive ketones (excluding diaryl/α,β-unsaturated/α-hetero) is 1. The van der Waals surface area contributed by atoms with Crippen LogP contribution in [0.25, 0.3) is 0 Å². The molecule has 0 radical (unpaired) electrons. The minimum absolute atomic E-state index is 0.219. The van der Waals surface area contributed by atoms with E-state index in [2.05, 4.69) is 0 Å². The van der Waals surface area contributed by atoms with Crippen LogP contribution < -0.4 is 0 Å². The smallest absolute Gasteiger partial charge is 0.178 e. The molecule has 0 amide bonds. The lowest BCUT2D eigenvalue weighted by molar-refractivity contribution is 0.0979. The van der Waals surface area contributed by atoms with Crippen molar-refractivity contribution in [3.05, 3.63) is 24.0 Å². The second-order valence-electron chi connectivity index (χ2n) is 2.46. The van der Waals surface area contributed by atoms with Crippen LogP contribution in [0.3, 0.4) is 0 Å². The zero-order valence-electron chi connectivity index (χ0n) is 7.00. The molecule has 0 atom stereocenters. The minimum Gasteiger partial charge on any atom is -0.345 e. The summed E-state index contributed by atoms with van der Waals surface area (Å²) in [5, 5.41) is 0. The van der Waals surface area contributed by atoms with Crippen molar-refractivity contribution in [2.45, 2.75) is 26.8 Å².